The first kappa shape index (κ1) is 17.3. The third-order valence-electron chi connectivity index (χ3n) is 2.93. The first-order chi connectivity index (χ1) is 7.61. The minimum absolute atomic E-state index is 0.630. The number of hydrogen-bond acceptors (Lipinski definition) is 3. The Hall–Kier alpha value is -0.660. The third-order valence-corrected chi connectivity index (χ3v) is 4.59. The Bertz CT molecular complexity index is 419. The summed E-state index contributed by atoms with van der Waals surface area (Å²) in [6.07, 6.45) is 0. The van der Waals surface area contributed by atoms with E-state index in [-0.39, 0.29) is 0 Å². The SMILES string of the molecule is CC(C)(C)NS(=O)(=O)NC(C)(C)C(C)(C)C(=O)O. The molecule has 0 unspecified atom stereocenters. The lowest BCUT2D eigenvalue weighted by molar-refractivity contribution is -0.150. The van der Waals surface area contributed by atoms with Gasteiger partial charge in [0.2, 0.25) is 0 Å². The molecule has 0 amide bonds. The van der Waals surface area contributed by atoms with Gasteiger partial charge in [-0.1, -0.05) is 0 Å². The van der Waals surface area contributed by atoms with Crippen molar-refractivity contribution in [3.63, 3.8) is 0 Å². The van der Waals surface area contributed by atoms with E-state index in [1.807, 2.05) is 0 Å². The van der Waals surface area contributed by atoms with Crippen LogP contribution < -0.4 is 9.44 Å². The highest BCUT2D eigenvalue weighted by Gasteiger charge is 2.46. The predicted octanol–water partition coefficient (Wildman–Crippen LogP) is 1.10. The van der Waals surface area contributed by atoms with Crippen molar-refractivity contribution < 1.29 is 18.3 Å². The molecule has 0 bridgehead atoms. The zero-order valence-electron chi connectivity index (χ0n) is 12.1. The molecule has 7 heteroatoms. The first-order valence-electron chi connectivity index (χ1n) is 5.67. The Kier molecular flexibility index (Phi) is 4.61. The van der Waals surface area contributed by atoms with E-state index in [0.29, 0.717) is 0 Å². The first-order valence-corrected chi connectivity index (χ1v) is 7.15. The van der Waals surface area contributed by atoms with Crippen LogP contribution >= 0.6 is 0 Å². The summed E-state index contributed by atoms with van der Waals surface area (Å²) in [6, 6.07) is 0. The molecule has 0 radical (unpaired) electrons. The number of carbonyl (C=O) groups is 1. The molecule has 18 heavy (non-hydrogen) atoms. The zero-order valence-corrected chi connectivity index (χ0v) is 12.9. The van der Waals surface area contributed by atoms with Crippen LogP contribution in [-0.2, 0) is 15.0 Å². The molecule has 0 fully saturated rings. The van der Waals surface area contributed by atoms with Crippen LogP contribution in [0.25, 0.3) is 0 Å². The van der Waals surface area contributed by atoms with E-state index in [4.69, 9.17) is 5.11 Å². The Morgan fingerprint density at radius 1 is 0.944 bits per heavy atom. The van der Waals surface area contributed by atoms with Gasteiger partial charge in [0.05, 0.1) is 5.41 Å². The molecule has 0 aromatic carbocycles. The largest absolute Gasteiger partial charge is 0.481 e. The van der Waals surface area contributed by atoms with Gasteiger partial charge >= 0.3 is 5.97 Å². The second-order valence-electron chi connectivity index (χ2n) is 6.51. The van der Waals surface area contributed by atoms with Gasteiger partial charge in [0.25, 0.3) is 10.2 Å². The second-order valence-corrected chi connectivity index (χ2v) is 7.93. The summed E-state index contributed by atoms with van der Waals surface area (Å²) >= 11 is 0. The summed E-state index contributed by atoms with van der Waals surface area (Å²) in [7, 11) is -3.78. The topological polar surface area (TPSA) is 95.5 Å². The Morgan fingerprint density at radius 2 is 1.33 bits per heavy atom. The molecule has 0 spiro atoms. The summed E-state index contributed by atoms with van der Waals surface area (Å²) in [5, 5.41) is 9.15. The summed E-state index contributed by atoms with van der Waals surface area (Å²) in [4.78, 5) is 11.2. The molecule has 0 atom stereocenters. The van der Waals surface area contributed by atoms with Crippen LogP contribution in [-0.4, -0.2) is 30.6 Å². The molecular formula is C11H24N2O4S. The van der Waals surface area contributed by atoms with Crippen molar-refractivity contribution in [3.8, 4) is 0 Å². The summed E-state index contributed by atoms with van der Waals surface area (Å²) in [5.74, 6) is -1.06. The number of nitrogens with one attached hydrogen (secondary N) is 2. The van der Waals surface area contributed by atoms with Gasteiger partial charge in [-0.3, -0.25) is 4.79 Å². The van der Waals surface area contributed by atoms with Crippen molar-refractivity contribution >= 4 is 16.2 Å². The molecule has 3 N–H and O–H groups in total. The van der Waals surface area contributed by atoms with Crippen LogP contribution in [0.15, 0.2) is 0 Å². The van der Waals surface area contributed by atoms with Crippen molar-refractivity contribution in [1.29, 1.82) is 0 Å². The van der Waals surface area contributed by atoms with Gasteiger partial charge in [0.1, 0.15) is 0 Å². The van der Waals surface area contributed by atoms with Crippen molar-refractivity contribution in [1.82, 2.24) is 9.44 Å². The molecule has 0 aliphatic carbocycles. The fraction of sp³-hybridized carbons (Fsp3) is 0.909. The monoisotopic (exact) mass is 280 g/mol. The van der Waals surface area contributed by atoms with Crippen LogP contribution in [0.1, 0.15) is 48.5 Å². The zero-order chi connectivity index (χ0) is 15.0. The second kappa shape index (κ2) is 4.79. The minimum atomic E-state index is -3.78. The summed E-state index contributed by atoms with van der Waals surface area (Å²) in [5.41, 5.74) is -3.00. The van der Waals surface area contributed by atoms with E-state index in [1.165, 1.54) is 13.8 Å². The molecule has 108 valence electrons. The van der Waals surface area contributed by atoms with E-state index in [1.54, 1.807) is 34.6 Å². The number of hydrogen-bond donors (Lipinski definition) is 3. The Balaban J connectivity index is 5.17. The maximum atomic E-state index is 11.9. The standard InChI is InChI=1S/C11H24N2O4S/c1-9(2,3)12-18(16,17)13-11(6,7)10(4,5)8(14)15/h12-13H,1-7H3,(H,14,15). The molecule has 0 saturated heterocycles. The van der Waals surface area contributed by atoms with Crippen LogP contribution in [0.5, 0.6) is 0 Å². The highest BCUT2D eigenvalue weighted by Crippen LogP contribution is 2.31. The molecule has 0 heterocycles. The highest BCUT2D eigenvalue weighted by molar-refractivity contribution is 7.87. The van der Waals surface area contributed by atoms with Crippen LogP contribution in [0.4, 0.5) is 0 Å². The van der Waals surface area contributed by atoms with Gasteiger partial charge in [0.15, 0.2) is 0 Å². The molecule has 0 aliphatic heterocycles. The molecular weight excluding hydrogens is 256 g/mol. The molecule has 6 nitrogen and oxygen atoms in total. The Labute approximate surface area is 109 Å². The highest BCUT2D eigenvalue weighted by atomic mass is 32.2. The smallest absolute Gasteiger partial charge is 0.310 e. The molecule has 0 rings (SSSR count). The number of rotatable bonds is 5. The van der Waals surface area contributed by atoms with Crippen molar-refractivity contribution in [3.05, 3.63) is 0 Å². The molecule has 0 aliphatic rings. The average molecular weight is 280 g/mol. The van der Waals surface area contributed by atoms with Gasteiger partial charge in [-0.25, -0.2) is 0 Å². The van der Waals surface area contributed by atoms with E-state index in [9.17, 15) is 13.2 Å². The van der Waals surface area contributed by atoms with Gasteiger partial charge < -0.3 is 5.11 Å². The number of aliphatic carboxylic acids is 1. The van der Waals surface area contributed by atoms with E-state index in [2.05, 4.69) is 9.44 Å². The third kappa shape index (κ3) is 4.55. The summed E-state index contributed by atoms with van der Waals surface area (Å²) < 4.78 is 28.7. The van der Waals surface area contributed by atoms with Gasteiger partial charge in [-0.15, -0.1) is 0 Å². The van der Waals surface area contributed by atoms with E-state index < -0.39 is 32.7 Å². The fourth-order valence-electron chi connectivity index (χ4n) is 1.16. The van der Waals surface area contributed by atoms with Crippen LogP contribution in [0, 0.1) is 5.41 Å². The Morgan fingerprint density at radius 3 is 1.61 bits per heavy atom. The molecule has 0 aromatic rings. The van der Waals surface area contributed by atoms with Crippen molar-refractivity contribution in [2.24, 2.45) is 5.41 Å². The lowest BCUT2D eigenvalue weighted by atomic mass is 9.75. The number of carboxylic acid groups (broad SMARTS) is 1. The fourth-order valence-corrected chi connectivity index (χ4v) is 2.94. The van der Waals surface area contributed by atoms with Crippen LogP contribution in [0.2, 0.25) is 0 Å². The van der Waals surface area contributed by atoms with Gasteiger partial charge in [-0.05, 0) is 48.5 Å². The molecule has 0 saturated carbocycles. The van der Waals surface area contributed by atoms with Crippen molar-refractivity contribution in [2.75, 3.05) is 0 Å². The molecule has 0 aromatic heterocycles. The predicted molar refractivity (Wildman–Crippen MR) is 70.4 cm³/mol. The average Bonchev–Trinajstić information content (AvgIpc) is 1.94. The minimum Gasteiger partial charge on any atom is -0.481 e. The van der Waals surface area contributed by atoms with Gasteiger partial charge in [-0.2, -0.15) is 17.9 Å². The van der Waals surface area contributed by atoms with E-state index in [0.717, 1.165) is 0 Å². The normalized spacial score (nSPS) is 14.6. The maximum absolute atomic E-state index is 11.9. The van der Waals surface area contributed by atoms with Crippen LogP contribution in [0.3, 0.4) is 0 Å². The van der Waals surface area contributed by atoms with E-state index >= 15 is 0 Å². The summed E-state index contributed by atoms with van der Waals surface area (Å²) in [6.45, 7) is 11.2. The number of carboxylic acids is 1. The van der Waals surface area contributed by atoms with Gasteiger partial charge in [0, 0.05) is 11.1 Å². The quantitative estimate of drug-likeness (QED) is 0.702. The maximum Gasteiger partial charge on any atom is 0.310 e. The lowest BCUT2D eigenvalue weighted by Crippen LogP contribution is -2.60. The lowest BCUT2D eigenvalue weighted by Gasteiger charge is -2.39. The van der Waals surface area contributed by atoms with Crippen molar-refractivity contribution in [2.45, 2.75) is 59.5 Å².